The van der Waals surface area contributed by atoms with E-state index in [0.29, 0.717) is 31.1 Å². The predicted molar refractivity (Wildman–Crippen MR) is 150 cm³/mol. The summed E-state index contributed by atoms with van der Waals surface area (Å²) in [6.07, 6.45) is 5.43. The van der Waals surface area contributed by atoms with Crippen molar-refractivity contribution in [2.75, 3.05) is 33.5 Å². The molecule has 3 atom stereocenters. The number of aliphatic hydroxyl groups excluding tert-OH is 1. The summed E-state index contributed by atoms with van der Waals surface area (Å²) in [5.41, 5.74) is 3.37. The zero-order valence-electron chi connectivity index (χ0n) is 22.6. The Balaban J connectivity index is 1.38. The molecule has 204 valence electrons. The third kappa shape index (κ3) is 6.24. The number of fused-ring (bicyclic) bond motifs is 2. The molecule has 0 saturated carbocycles. The maximum atomic E-state index is 13.7. The summed E-state index contributed by atoms with van der Waals surface area (Å²) >= 11 is 0. The third-order valence-electron chi connectivity index (χ3n) is 7.19. The standard InChI is InChI=1S/C31H35N3O5/c1-21-16-34(22(2)19-35)31(36)26-13-24(10-9-23-7-5-4-6-8-23)15-32-30(26)39-29(21)18-33(3)17-25-11-12-27-28(14-25)38-20-37-27/h4-15,21-22,29,35H,16-20H2,1-3H3/b10-9+/t21-,22+,29-/m0/s1. The molecule has 8 nitrogen and oxygen atoms in total. The van der Waals surface area contributed by atoms with Crippen LogP contribution in [-0.2, 0) is 6.54 Å². The SMILES string of the molecule is C[C@H](CO)N1C[C@H](C)[C@H](CN(C)Cc2ccc3c(c2)OCO3)Oc2ncc(/C=C/c3ccccc3)cc2C1=O. The second-order valence-corrected chi connectivity index (χ2v) is 10.4. The van der Waals surface area contributed by atoms with Gasteiger partial charge in [0.25, 0.3) is 5.91 Å². The minimum absolute atomic E-state index is 0.00903. The Hall–Kier alpha value is -3.88. The Labute approximate surface area is 229 Å². The summed E-state index contributed by atoms with van der Waals surface area (Å²) in [6.45, 7) is 5.85. The number of nitrogens with zero attached hydrogens (tertiary/aromatic N) is 3. The largest absolute Gasteiger partial charge is 0.472 e. The molecule has 2 aliphatic rings. The highest BCUT2D eigenvalue weighted by molar-refractivity contribution is 5.97. The van der Waals surface area contributed by atoms with Crippen LogP contribution in [0.4, 0.5) is 0 Å². The molecule has 0 spiro atoms. The van der Waals surface area contributed by atoms with E-state index >= 15 is 0 Å². The van der Waals surface area contributed by atoms with Crippen LogP contribution in [0.2, 0.25) is 0 Å². The second-order valence-electron chi connectivity index (χ2n) is 10.4. The first-order valence-electron chi connectivity index (χ1n) is 13.3. The van der Waals surface area contributed by atoms with Crippen molar-refractivity contribution in [1.82, 2.24) is 14.8 Å². The summed E-state index contributed by atoms with van der Waals surface area (Å²) in [4.78, 5) is 22.2. The molecule has 0 bridgehead atoms. The monoisotopic (exact) mass is 529 g/mol. The van der Waals surface area contributed by atoms with Gasteiger partial charge in [-0.1, -0.05) is 55.5 Å². The molecule has 3 aromatic rings. The Morgan fingerprint density at radius 1 is 1.10 bits per heavy atom. The van der Waals surface area contributed by atoms with Gasteiger partial charge in [0, 0.05) is 31.7 Å². The van der Waals surface area contributed by atoms with Gasteiger partial charge in [0.05, 0.1) is 12.6 Å². The second kappa shape index (κ2) is 11.9. The first kappa shape index (κ1) is 26.7. The molecule has 5 rings (SSSR count). The number of pyridine rings is 1. The smallest absolute Gasteiger partial charge is 0.259 e. The minimum Gasteiger partial charge on any atom is -0.472 e. The lowest BCUT2D eigenvalue weighted by Gasteiger charge is -2.37. The number of benzene rings is 2. The number of aromatic nitrogens is 1. The highest BCUT2D eigenvalue weighted by atomic mass is 16.7. The summed E-state index contributed by atoms with van der Waals surface area (Å²) in [6, 6.07) is 17.4. The number of carbonyl (C=O) groups excluding carboxylic acids is 1. The number of hydrogen-bond donors (Lipinski definition) is 1. The molecule has 3 heterocycles. The number of carbonyl (C=O) groups is 1. The van der Waals surface area contributed by atoms with Crippen LogP contribution >= 0.6 is 0 Å². The van der Waals surface area contributed by atoms with Crippen molar-refractivity contribution < 1.29 is 24.1 Å². The average Bonchev–Trinajstić information content (AvgIpc) is 3.42. The van der Waals surface area contributed by atoms with Gasteiger partial charge in [-0.15, -0.1) is 0 Å². The molecular weight excluding hydrogens is 494 g/mol. The lowest BCUT2D eigenvalue weighted by atomic mass is 9.99. The number of hydrogen-bond acceptors (Lipinski definition) is 7. The fourth-order valence-electron chi connectivity index (χ4n) is 4.91. The third-order valence-corrected chi connectivity index (χ3v) is 7.19. The Bertz CT molecular complexity index is 1330. The fourth-order valence-corrected chi connectivity index (χ4v) is 4.91. The molecule has 2 aliphatic heterocycles. The molecule has 8 heteroatoms. The zero-order valence-corrected chi connectivity index (χ0v) is 22.6. The van der Waals surface area contributed by atoms with Gasteiger partial charge in [-0.25, -0.2) is 4.98 Å². The molecule has 0 radical (unpaired) electrons. The molecule has 1 N–H and O–H groups in total. The summed E-state index contributed by atoms with van der Waals surface area (Å²) in [5.74, 6) is 1.67. The van der Waals surface area contributed by atoms with Gasteiger partial charge in [0.1, 0.15) is 11.7 Å². The number of aliphatic hydroxyl groups is 1. The van der Waals surface area contributed by atoms with Crippen LogP contribution in [0.5, 0.6) is 17.4 Å². The van der Waals surface area contributed by atoms with Gasteiger partial charge in [0.15, 0.2) is 11.5 Å². The molecule has 1 aromatic heterocycles. The maximum absolute atomic E-state index is 13.7. The van der Waals surface area contributed by atoms with E-state index in [1.807, 2.05) is 80.7 Å². The van der Waals surface area contributed by atoms with E-state index < -0.39 is 0 Å². The Morgan fingerprint density at radius 3 is 2.67 bits per heavy atom. The van der Waals surface area contributed by atoms with Crippen molar-refractivity contribution >= 4 is 18.1 Å². The topological polar surface area (TPSA) is 84.4 Å². The minimum atomic E-state index is -0.332. The molecular formula is C31H35N3O5. The van der Waals surface area contributed by atoms with Crippen molar-refractivity contribution in [2.45, 2.75) is 32.5 Å². The highest BCUT2D eigenvalue weighted by Crippen LogP contribution is 2.33. The molecule has 0 unspecified atom stereocenters. The number of ether oxygens (including phenoxy) is 3. The number of rotatable bonds is 8. The summed E-state index contributed by atoms with van der Waals surface area (Å²) in [5, 5.41) is 9.93. The first-order chi connectivity index (χ1) is 18.9. The van der Waals surface area contributed by atoms with E-state index in [1.165, 1.54) is 0 Å². The van der Waals surface area contributed by atoms with E-state index in [-0.39, 0.29) is 37.4 Å². The van der Waals surface area contributed by atoms with Crippen LogP contribution < -0.4 is 14.2 Å². The molecule has 2 aromatic carbocycles. The van der Waals surface area contributed by atoms with Crippen LogP contribution in [-0.4, -0.2) is 71.5 Å². The van der Waals surface area contributed by atoms with Crippen molar-refractivity contribution in [3.63, 3.8) is 0 Å². The Kier molecular flexibility index (Phi) is 8.14. The lowest BCUT2D eigenvalue weighted by molar-refractivity contribution is 0.0325. The summed E-state index contributed by atoms with van der Waals surface area (Å²) in [7, 11) is 2.05. The molecule has 1 amide bonds. The van der Waals surface area contributed by atoms with Crippen LogP contribution in [0.3, 0.4) is 0 Å². The van der Waals surface area contributed by atoms with E-state index in [0.717, 1.165) is 28.2 Å². The van der Waals surface area contributed by atoms with Gasteiger partial charge in [0.2, 0.25) is 12.7 Å². The van der Waals surface area contributed by atoms with E-state index in [2.05, 4.69) is 16.8 Å². The molecule has 0 fully saturated rings. The van der Waals surface area contributed by atoms with Crippen molar-refractivity contribution in [2.24, 2.45) is 5.92 Å². The van der Waals surface area contributed by atoms with Crippen molar-refractivity contribution in [3.05, 3.63) is 83.0 Å². The predicted octanol–water partition coefficient (Wildman–Crippen LogP) is 4.33. The van der Waals surface area contributed by atoms with E-state index in [4.69, 9.17) is 14.2 Å². The normalized spacial score (nSPS) is 19.5. The highest BCUT2D eigenvalue weighted by Gasteiger charge is 2.34. The number of amides is 1. The van der Waals surface area contributed by atoms with E-state index in [9.17, 15) is 9.90 Å². The van der Waals surface area contributed by atoms with Gasteiger partial charge in [-0.05, 0) is 48.9 Å². The number of likely N-dealkylation sites (N-methyl/N-ethyl adjacent to an activating group) is 1. The lowest BCUT2D eigenvalue weighted by Crippen LogP contribution is -2.49. The van der Waals surface area contributed by atoms with Crippen molar-refractivity contribution in [3.8, 4) is 17.4 Å². The molecule has 39 heavy (non-hydrogen) atoms. The Morgan fingerprint density at radius 2 is 1.87 bits per heavy atom. The van der Waals surface area contributed by atoms with Gasteiger partial charge in [-0.3, -0.25) is 9.69 Å². The average molecular weight is 530 g/mol. The van der Waals surface area contributed by atoms with Crippen LogP contribution in [0, 0.1) is 5.92 Å². The first-order valence-corrected chi connectivity index (χ1v) is 13.3. The quantitative estimate of drug-likeness (QED) is 0.465. The van der Waals surface area contributed by atoms with Gasteiger partial charge in [-0.2, -0.15) is 0 Å². The van der Waals surface area contributed by atoms with Crippen molar-refractivity contribution in [1.29, 1.82) is 0 Å². The maximum Gasteiger partial charge on any atom is 0.259 e. The van der Waals surface area contributed by atoms with Crippen LogP contribution in [0.25, 0.3) is 12.2 Å². The van der Waals surface area contributed by atoms with Crippen LogP contribution in [0.1, 0.15) is 40.9 Å². The fraction of sp³-hybridized carbons (Fsp3) is 0.355. The molecule has 0 aliphatic carbocycles. The zero-order chi connectivity index (χ0) is 27.4. The molecule has 0 saturated heterocycles. The van der Waals surface area contributed by atoms with Gasteiger partial charge < -0.3 is 24.2 Å². The van der Waals surface area contributed by atoms with E-state index in [1.54, 1.807) is 11.1 Å². The van der Waals surface area contributed by atoms with Gasteiger partial charge >= 0.3 is 0 Å². The summed E-state index contributed by atoms with van der Waals surface area (Å²) < 4.78 is 17.4. The van der Waals surface area contributed by atoms with Crippen LogP contribution in [0.15, 0.2) is 60.8 Å².